The maximum atomic E-state index is 11.5. The van der Waals surface area contributed by atoms with Crippen molar-refractivity contribution in [2.24, 2.45) is 0 Å². The number of nitrogens with one attached hydrogen (secondary N) is 2. The van der Waals surface area contributed by atoms with E-state index in [2.05, 4.69) is 32.2 Å². The number of nitrogens with zero attached hydrogens (tertiary/aromatic N) is 4. The first-order valence-corrected chi connectivity index (χ1v) is 5.20. The van der Waals surface area contributed by atoms with Gasteiger partial charge in [-0.05, 0) is 23.4 Å². The van der Waals surface area contributed by atoms with E-state index in [0.29, 0.717) is 6.54 Å². The van der Waals surface area contributed by atoms with Crippen LogP contribution in [0.15, 0.2) is 18.0 Å². The predicted molar refractivity (Wildman–Crippen MR) is 56.4 cm³/mol. The molecule has 2 heterocycles. The van der Waals surface area contributed by atoms with Gasteiger partial charge < -0.3 is 10.6 Å². The minimum absolute atomic E-state index is 0.0771. The second-order valence-electron chi connectivity index (χ2n) is 3.60. The van der Waals surface area contributed by atoms with Crippen LogP contribution in [0.2, 0.25) is 0 Å². The smallest absolute Gasteiger partial charge is 0.242 e. The van der Waals surface area contributed by atoms with Gasteiger partial charge in [-0.15, -0.1) is 5.10 Å². The minimum atomic E-state index is -0.0771. The van der Waals surface area contributed by atoms with Crippen molar-refractivity contribution in [1.29, 1.82) is 0 Å². The normalized spacial score (nSPS) is 15.6. The highest BCUT2D eigenvalue weighted by Crippen LogP contribution is 2.01. The van der Waals surface area contributed by atoms with Crippen molar-refractivity contribution in [1.82, 2.24) is 30.8 Å². The van der Waals surface area contributed by atoms with E-state index in [1.165, 1.54) is 16.6 Å². The molecule has 0 aliphatic carbocycles. The fourth-order valence-electron chi connectivity index (χ4n) is 1.50. The monoisotopic (exact) mass is 222 g/mol. The van der Waals surface area contributed by atoms with Gasteiger partial charge in [-0.2, -0.15) is 0 Å². The van der Waals surface area contributed by atoms with Crippen LogP contribution >= 0.6 is 0 Å². The SMILES string of the molecule is O=C(Cn1cnnn1)NCC1=CCNCC1. The maximum Gasteiger partial charge on any atom is 0.242 e. The number of tetrazole rings is 1. The molecule has 0 radical (unpaired) electrons. The summed E-state index contributed by atoms with van der Waals surface area (Å²) in [6, 6.07) is 0. The Balaban J connectivity index is 1.73. The van der Waals surface area contributed by atoms with Crippen molar-refractivity contribution in [3.63, 3.8) is 0 Å². The molecule has 0 bridgehead atoms. The zero-order valence-corrected chi connectivity index (χ0v) is 8.89. The van der Waals surface area contributed by atoms with Crippen LogP contribution in [0.3, 0.4) is 0 Å². The lowest BCUT2D eigenvalue weighted by atomic mass is 10.1. The van der Waals surface area contributed by atoms with E-state index in [1.54, 1.807) is 0 Å². The van der Waals surface area contributed by atoms with Gasteiger partial charge in [-0.3, -0.25) is 4.79 Å². The van der Waals surface area contributed by atoms with Gasteiger partial charge in [-0.25, -0.2) is 4.68 Å². The summed E-state index contributed by atoms with van der Waals surface area (Å²) in [5, 5.41) is 16.6. The minimum Gasteiger partial charge on any atom is -0.351 e. The van der Waals surface area contributed by atoms with Crippen LogP contribution in [0, 0.1) is 0 Å². The van der Waals surface area contributed by atoms with Gasteiger partial charge in [0.15, 0.2) is 0 Å². The number of aromatic nitrogens is 4. The van der Waals surface area contributed by atoms with Crippen LogP contribution in [-0.4, -0.2) is 45.7 Å². The van der Waals surface area contributed by atoms with Gasteiger partial charge in [0, 0.05) is 13.1 Å². The first-order valence-electron chi connectivity index (χ1n) is 5.20. The van der Waals surface area contributed by atoms with Crippen LogP contribution in [0.25, 0.3) is 0 Å². The third-order valence-electron chi connectivity index (χ3n) is 2.37. The van der Waals surface area contributed by atoms with Crippen molar-refractivity contribution < 1.29 is 4.79 Å². The first-order chi connectivity index (χ1) is 7.84. The lowest BCUT2D eigenvalue weighted by molar-refractivity contribution is -0.121. The van der Waals surface area contributed by atoms with Crippen molar-refractivity contribution in [2.75, 3.05) is 19.6 Å². The maximum absolute atomic E-state index is 11.5. The Morgan fingerprint density at radius 1 is 1.62 bits per heavy atom. The summed E-state index contributed by atoms with van der Waals surface area (Å²) in [6.07, 6.45) is 4.52. The Labute approximate surface area is 92.9 Å². The van der Waals surface area contributed by atoms with E-state index in [4.69, 9.17) is 0 Å². The highest BCUT2D eigenvalue weighted by atomic mass is 16.2. The summed E-state index contributed by atoms with van der Waals surface area (Å²) >= 11 is 0. The molecule has 16 heavy (non-hydrogen) atoms. The Kier molecular flexibility index (Phi) is 3.60. The van der Waals surface area contributed by atoms with Crippen LogP contribution < -0.4 is 10.6 Å². The number of hydrogen-bond donors (Lipinski definition) is 2. The Morgan fingerprint density at radius 3 is 3.25 bits per heavy atom. The fourth-order valence-corrected chi connectivity index (χ4v) is 1.50. The standard InChI is InChI=1S/C9H14N6O/c16-9(6-15-7-12-13-14-15)11-5-8-1-3-10-4-2-8/h1,7,10H,2-6H2,(H,11,16). The quantitative estimate of drug-likeness (QED) is 0.619. The topological polar surface area (TPSA) is 84.7 Å². The Bertz CT molecular complexity index is 371. The molecule has 7 heteroatoms. The van der Waals surface area contributed by atoms with Gasteiger partial charge >= 0.3 is 0 Å². The Morgan fingerprint density at radius 2 is 2.56 bits per heavy atom. The highest BCUT2D eigenvalue weighted by molar-refractivity contribution is 5.75. The zero-order chi connectivity index (χ0) is 11.2. The predicted octanol–water partition coefficient (Wildman–Crippen LogP) is -1.29. The van der Waals surface area contributed by atoms with Gasteiger partial charge in [0.1, 0.15) is 12.9 Å². The summed E-state index contributed by atoms with van der Waals surface area (Å²) < 4.78 is 1.39. The van der Waals surface area contributed by atoms with E-state index >= 15 is 0 Å². The highest BCUT2D eigenvalue weighted by Gasteiger charge is 2.06. The fraction of sp³-hybridized carbons (Fsp3) is 0.556. The van der Waals surface area contributed by atoms with Gasteiger partial charge in [-0.1, -0.05) is 11.6 Å². The van der Waals surface area contributed by atoms with Crippen LogP contribution in [0.5, 0.6) is 0 Å². The molecule has 2 rings (SSSR count). The van der Waals surface area contributed by atoms with E-state index in [0.717, 1.165) is 19.5 Å². The number of carbonyl (C=O) groups excluding carboxylic acids is 1. The summed E-state index contributed by atoms with van der Waals surface area (Å²) in [7, 11) is 0. The molecule has 0 atom stereocenters. The second kappa shape index (κ2) is 5.36. The lowest BCUT2D eigenvalue weighted by Gasteiger charge is -2.14. The number of carbonyl (C=O) groups is 1. The summed E-state index contributed by atoms with van der Waals surface area (Å²) in [6.45, 7) is 2.65. The number of rotatable bonds is 4. The van der Waals surface area contributed by atoms with E-state index in [9.17, 15) is 4.79 Å². The van der Waals surface area contributed by atoms with Crippen LogP contribution in [0.1, 0.15) is 6.42 Å². The van der Waals surface area contributed by atoms with E-state index < -0.39 is 0 Å². The molecule has 0 unspecified atom stereocenters. The summed E-state index contributed by atoms with van der Waals surface area (Å²) in [5.74, 6) is -0.0771. The van der Waals surface area contributed by atoms with E-state index in [-0.39, 0.29) is 12.5 Å². The lowest BCUT2D eigenvalue weighted by Crippen LogP contribution is -2.32. The van der Waals surface area contributed by atoms with E-state index in [1.807, 2.05) is 0 Å². The summed E-state index contributed by atoms with van der Waals surface area (Å²) in [5.41, 5.74) is 1.27. The van der Waals surface area contributed by atoms with Gasteiger partial charge in [0.05, 0.1) is 0 Å². The molecule has 1 amide bonds. The largest absolute Gasteiger partial charge is 0.351 e. The number of hydrogen-bond acceptors (Lipinski definition) is 5. The van der Waals surface area contributed by atoms with Gasteiger partial charge in [0.25, 0.3) is 0 Å². The molecule has 86 valence electrons. The molecule has 1 aliphatic rings. The molecule has 0 saturated heterocycles. The molecular weight excluding hydrogens is 208 g/mol. The summed E-state index contributed by atoms with van der Waals surface area (Å²) in [4.78, 5) is 11.5. The third kappa shape index (κ3) is 3.13. The molecule has 7 nitrogen and oxygen atoms in total. The first kappa shape index (κ1) is 10.7. The molecule has 1 aromatic rings. The molecule has 1 aliphatic heterocycles. The van der Waals surface area contributed by atoms with Gasteiger partial charge in [0.2, 0.25) is 5.91 Å². The van der Waals surface area contributed by atoms with Crippen LogP contribution in [-0.2, 0) is 11.3 Å². The molecule has 0 fully saturated rings. The second-order valence-corrected chi connectivity index (χ2v) is 3.60. The zero-order valence-electron chi connectivity index (χ0n) is 8.89. The molecule has 0 aromatic carbocycles. The molecule has 1 aromatic heterocycles. The molecular formula is C9H14N6O. The Hall–Kier alpha value is -1.76. The third-order valence-corrected chi connectivity index (χ3v) is 2.37. The average molecular weight is 222 g/mol. The van der Waals surface area contributed by atoms with Crippen molar-refractivity contribution in [3.05, 3.63) is 18.0 Å². The van der Waals surface area contributed by atoms with Crippen LogP contribution in [0.4, 0.5) is 0 Å². The van der Waals surface area contributed by atoms with Crippen molar-refractivity contribution in [2.45, 2.75) is 13.0 Å². The average Bonchev–Trinajstić information content (AvgIpc) is 2.81. The molecule has 2 N–H and O–H groups in total. The number of amides is 1. The van der Waals surface area contributed by atoms with Crippen molar-refractivity contribution in [3.8, 4) is 0 Å². The molecule has 0 spiro atoms. The van der Waals surface area contributed by atoms with Crippen molar-refractivity contribution >= 4 is 5.91 Å². The molecule has 0 saturated carbocycles.